The fraction of sp³-hybridized carbons (Fsp3) is 0.357. The Balaban J connectivity index is 2.07. The molecule has 1 aliphatic carbocycles. The number of rotatable bonds is 1. The summed E-state index contributed by atoms with van der Waals surface area (Å²) in [7, 11) is 0. The van der Waals surface area contributed by atoms with Crippen LogP contribution in [-0.2, 0) is 9.59 Å². The molecule has 1 aromatic carbocycles. The van der Waals surface area contributed by atoms with E-state index in [1.165, 1.54) is 0 Å². The van der Waals surface area contributed by atoms with Gasteiger partial charge in [0.25, 0.3) is 5.91 Å². The van der Waals surface area contributed by atoms with Crippen molar-refractivity contribution < 1.29 is 14.4 Å². The van der Waals surface area contributed by atoms with Gasteiger partial charge in [0.1, 0.15) is 5.41 Å². The lowest BCUT2D eigenvalue weighted by atomic mass is 10.0. The molecular formula is C14H13BrN2O3. The molecule has 0 radical (unpaired) electrons. The molecule has 1 N–H and O–H groups in total. The second-order valence-corrected chi connectivity index (χ2v) is 6.17. The van der Waals surface area contributed by atoms with Crippen LogP contribution in [0.4, 0.5) is 10.5 Å². The van der Waals surface area contributed by atoms with Crippen LogP contribution in [0.25, 0.3) is 0 Å². The van der Waals surface area contributed by atoms with E-state index in [0.717, 1.165) is 20.5 Å². The van der Waals surface area contributed by atoms with E-state index in [0.29, 0.717) is 18.5 Å². The summed E-state index contributed by atoms with van der Waals surface area (Å²) in [6.45, 7) is 3.79. The molecule has 0 atom stereocenters. The van der Waals surface area contributed by atoms with Gasteiger partial charge in [-0.1, -0.05) is 15.9 Å². The van der Waals surface area contributed by atoms with Crippen LogP contribution in [0.15, 0.2) is 16.6 Å². The molecule has 1 heterocycles. The molecule has 0 aromatic heterocycles. The van der Waals surface area contributed by atoms with E-state index in [9.17, 15) is 14.4 Å². The second-order valence-electron chi connectivity index (χ2n) is 5.38. The third-order valence-corrected chi connectivity index (χ3v) is 5.15. The van der Waals surface area contributed by atoms with Crippen LogP contribution in [0.3, 0.4) is 0 Å². The lowest BCUT2D eigenvalue weighted by Crippen LogP contribution is -2.59. The number of carbonyl (C=O) groups is 3. The van der Waals surface area contributed by atoms with Crippen molar-refractivity contribution in [1.29, 1.82) is 0 Å². The normalized spacial score (nSPS) is 20.4. The molecular weight excluding hydrogens is 324 g/mol. The molecule has 6 heteroatoms. The summed E-state index contributed by atoms with van der Waals surface area (Å²) in [6, 6.07) is 2.86. The molecule has 5 nitrogen and oxygen atoms in total. The number of imide groups is 2. The lowest BCUT2D eigenvalue weighted by molar-refractivity contribution is -0.136. The van der Waals surface area contributed by atoms with Crippen molar-refractivity contribution in [3.63, 3.8) is 0 Å². The summed E-state index contributed by atoms with van der Waals surface area (Å²) in [4.78, 5) is 37.3. The molecule has 0 unspecified atom stereocenters. The van der Waals surface area contributed by atoms with Crippen LogP contribution >= 0.6 is 15.9 Å². The van der Waals surface area contributed by atoms with Crippen molar-refractivity contribution in [3.05, 3.63) is 27.7 Å². The quantitative estimate of drug-likeness (QED) is 0.801. The number of carbonyl (C=O) groups excluding carboxylic acids is 3. The molecule has 104 valence electrons. The van der Waals surface area contributed by atoms with Gasteiger partial charge in [0.05, 0.1) is 5.69 Å². The number of aryl methyl sites for hydroxylation is 2. The number of benzene rings is 1. The number of amides is 4. The van der Waals surface area contributed by atoms with Gasteiger partial charge in [-0.15, -0.1) is 0 Å². The summed E-state index contributed by atoms with van der Waals surface area (Å²) in [5.74, 6) is -0.873. The number of barbiturate groups is 1. The van der Waals surface area contributed by atoms with E-state index in [-0.39, 0.29) is 0 Å². The number of nitrogens with zero attached hydrogens (tertiary/aromatic N) is 1. The highest BCUT2D eigenvalue weighted by molar-refractivity contribution is 9.10. The zero-order valence-electron chi connectivity index (χ0n) is 11.1. The molecule has 2 aliphatic rings. The third kappa shape index (κ3) is 1.71. The van der Waals surface area contributed by atoms with Crippen molar-refractivity contribution in [3.8, 4) is 0 Å². The van der Waals surface area contributed by atoms with Crippen molar-refractivity contribution in [1.82, 2.24) is 5.32 Å². The van der Waals surface area contributed by atoms with E-state index in [2.05, 4.69) is 21.2 Å². The number of hydrogen-bond donors (Lipinski definition) is 1. The fourth-order valence-electron chi connectivity index (χ4n) is 2.53. The number of urea groups is 1. The van der Waals surface area contributed by atoms with Crippen LogP contribution in [0.2, 0.25) is 0 Å². The standard InChI is InChI=1S/C14H13BrN2O3/c1-7-5-9(6-8(2)10(7)15)17-12(19)14(3-4-14)11(18)16-13(17)20/h5-6H,3-4H2,1-2H3,(H,16,18,20). The van der Waals surface area contributed by atoms with E-state index in [1.54, 1.807) is 12.1 Å². The monoisotopic (exact) mass is 336 g/mol. The van der Waals surface area contributed by atoms with Crippen molar-refractivity contribution in [2.75, 3.05) is 4.90 Å². The molecule has 3 rings (SSSR count). The molecule has 4 amide bonds. The summed E-state index contributed by atoms with van der Waals surface area (Å²) in [6.07, 6.45) is 1.02. The van der Waals surface area contributed by atoms with Gasteiger partial charge in [-0.05, 0) is 49.9 Å². The van der Waals surface area contributed by atoms with Gasteiger partial charge in [0.2, 0.25) is 5.91 Å². The highest BCUT2D eigenvalue weighted by Gasteiger charge is 2.62. The predicted molar refractivity (Wildman–Crippen MR) is 76.3 cm³/mol. The molecule has 1 aliphatic heterocycles. The predicted octanol–water partition coefficient (Wildman–Crippen LogP) is 2.43. The Morgan fingerprint density at radius 3 is 2.20 bits per heavy atom. The minimum Gasteiger partial charge on any atom is -0.276 e. The van der Waals surface area contributed by atoms with Crippen molar-refractivity contribution in [2.24, 2.45) is 5.41 Å². The maximum atomic E-state index is 12.5. The smallest absolute Gasteiger partial charge is 0.276 e. The first-order valence-corrected chi connectivity index (χ1v) is 7.13. The van der Waals surface area contributed by atoms with Crippen LogP contribution in [0.5, 0.6) is 0 Å². The van der Waals surface area contributed by atoms with Gasteiger partial charge in [-0.25, -0.2) is 9.69 Å². The Bertz CT molecular complexity index is 641. The lowest BCUT2D eigenvalue weighted by Gasteiger charge is -2.30. The second kappa shape index (κ2) is 4.15. The van der Waals surface area contributed by atoms with Gasteiger partial charge < -0.3 is 0 Å². The summed E-state index contributed by atoms with van der Waals surface area (Å²) < 4.78 is 0.948. The Kier molecular flexibility index (Phi) is 2.76. The highest BCUT2D eigenvalue weighted by atomic mass is 79.9. The third-order valence-electron chi connectivity index (χ3n) is 3.90. The zero-order chi connectivity index (χ0) is 14.7. The summed E-state index contributed by atoms with van der Waals surface area (Å²) in [5, 5.41) is 2.28. The minimum absolute atomic E-state index is 0.410. The molecule has 1 spiro atoms. The Labute approximate surface area is 124 Å². The topological polar surface area (TPSA) is 66.5 Å². The fourth-order valence-corrected chi connectivity index (χ4v) is 2.76. The van der Waals surface area contributed by atoms with E-state index in [1.807, 2.05) is 13.8 Å². The SMILES string of the molecule is Cc1cc(N2C(=O)NC(=O)C3(CC3)C2=O)cc(C)c1Br. The molecule has 2 fully saturated rings. The molecule has 1 saturated carbocycles. The van der Waals surface area contributed by atoms with Crippen LogP contribution < -0.4 is 10.2 Å². The van der Waals surface area contributed by atoms with Crippen LogP contribution in [-0.4, -0.2) is 17.8 Å². The molecule has 20 heavy (non-hydrogen) atoms. The molecule has 1 saturated heterocycles. The number of halogens is 1. The van der Waals surface area contributed by atoms with Crippen LogP contribution in [0, 0.1) is 19.3 Å². The van der Waals surface area contributed by atoms with Crippen LogP contribution in [0.1, 0.15) is 24.0 Å². The molecule has 1 aromatic rings. The van der Waals surface area contributed by atoms with Gasteiger partial charge in [0.15, 0.2) is 0 Å². The van der Waals surface area contributed by atoms with Gasteiger partial charge >= 0.3 is 6.03 Å². The first-order valence-electron chi connectivity index (χ1n) is 6.33. The van der Waals surface area contributed by atoms with Gasteiger partial charge in [-0.2, -0.15) is 0 Å². The minimum atomic E-state index is -1.01. The summed E-state index contributed by atoms with van der Waals surface area (Å²) >= 11 is 3.45. The first-order chi connectivity index (χ1) is 9.36. The largest absolute Gasteiger partial charge is 0.335 e. The van der Waals surface area contributed by atoms with E-state index >= 15 is 0 Å². The first kappa shape index (κ1) is 13.3. The van der Waals surface area contributed by atoms with Gasteiger partial charge in [-0.3, -0.25) is 14.9 Å². The van der Waals surface area contributed by atoms with Gasteiger partial charge in [0, 0.05) is 4.47 Å². The highest BCUT2D eigenvalue weighted by Crippen LogP contribution is 2.49. The maximum Gasteiger partial charge on any atom is 0.335 e. The van der Waals surface area contributed by atoms with E-state index < -0.39 is 23.3 Å². The van der Waals surface area contributed by atoms with E-state index in [4.69, 9.17) is 0 Å². The van der Waals surface area contributed by atoms with Crippen molar-refractivity contribution >= 4 is 39.5 Å². The van der Waals surface area contributed by atoms with Crippen molar-refractivity contribution in [2.45, 2.75) is 26.7 Å². The Hall–Kier alpha value is -1.69. The molecule has 0 bridgehead atoms. The zero-order valence-corrected chi connectivity index (χ0v) is 12.7. The number of anilines is 1. The summed E-state index contributed by atoms with van der Waals surface area (Å²) in [5.41, 5.74) is 1.36. The average molecular weight is 337 g/mol. The maximum absolute atomic E-state index is 12.5. The Morgan fingerprint density at radius 1 is 1.15 bits per heavy atom. The number of hydrogen-bond acceptors (Lipinski definition) is 3. The Morgan fingerprint density at radius 2 is 1.70 bits per heavy atom. The average Bonchev–Trinajstić information content (AvgIpc) is 3.15. The number of nitrogens with one attached hydrogen (secondary N) is 1.